The molecule has 0 amide bonds. The van der Waals surface area contributed by atoms with Crippen molar-refractivity contribution < 1.29 is 47.4 Å². The lowest BCUT2D eigenvalue weighted by molar-refractivity contribution is -0.135. The van der Waals surface area contributed by atoms with Crippen molar-refractivity contribution in [2.75, 3.05) is 92.9 Å². The highest BCUT2D eigenvalue weighted by Gasteiger charge is 2.00. The molecule has 0 spiro atoms. The molecule has 0 saturated heterocycles. The predicted octanol–water partition coefficient (Wildman–Crippen LogP) is 2.93. The molecule has 0 atom stereocenters. The second-order valence-corrected chi connectivity index (χ2v) is 7.43. The first-order valence-electron chi connectivity index (χ1n) is 12.1. The van der Waals surface area contributed by atoms with E-state index in [0.717, 1.165) is 23.0 Å². The number of ether oxygens (including phenoxy) is 10. The highest BCUT2D eigenvalue weighted by Crippen LogP contribution is 2.18. The summed E-state index contributed by atoms with van der Waals surface area (Å²) in [7, 11) is 0. The minimum Gasteiger partial charge on any atom is -0.491 e. The first-order valence-corrected chi connectivity index (χ1v) is 12.1. The summed E-state index contributed by atoms with van der Waals surface area (Å²) >= 11 is 0. The molecule has 2 aromatic carbocycles. The zero-order chi connectivity index (χ0) is 24.9. The van der Waals surface area contributed by atoms with E-state index in [1.54, 1.807) is 0 Å². The molecule has 10 heteroatoms. The van der Waals surface area contributed by atoms with E-state index in [1.807, 2.05) is 48.5 Å². The molecule has 0 N–H and O–H groups in total. The van der Waals surface area contributed by atoms with Crippen LogP contribution in [0.5, 0.6) is 23.0 Å². The summed E-state index contributed by atoms with van der Waals surface area (Å²) in [6.45, 7) is 5.73. The molecule has 0 aromatic heterocycles. The first-order chi connectivity index (χ1) is 17.9. The van der Waals surface area contributed by atoms with E-state index in [9.17, 15) is 0 Å². The first kappa shape index (κ1) is 28.0. The molecule has 4 aliphatic rings. The smallest absolute Gasteiger partial charge is 0.149 e. The van der Waals surface area contributed by atoms with Gasteiger partial charge in [0.15, 0.2) is 0 Å². The Morgan fingerprint density at radius 2 is 0.528 bits per heavy atom. The van der Waals surface area contributed by atoms with Crippen LogP contribution in [0.3, 0.4) is 0 Å². The topological polar surface area (TPSA) is 92.3 Å². The van der Waals surface area contributed by atoms with Crippen LogP contribution in [-0.4, -0.2) is 92.9 Å². The molecule has 200 valence electrons. The van der Waals surface area contributed by atoms with E-state index >= 15 is 0 Å². The Labute approximate surface area is 212 Å². The number of rotatable bonds is 0. The molecule has 4 bridgehead atoms. The van der Waals surface area contributed by atoms with Crippen molar-refractivity contribution in [1.82, 2.24) is 0 Å². The Hall–Kier alpha value is -2.60. The summed E-state index contributed by atoms with van der Waals surface area (Å²) in [5.74, 6) is 2.98. The van der Waals surface area contributed by atoms with E-state index in [1.165, 1.54) is 0 Å². The quantitative estimate of drug-likeness (QED) is 0.529. The average Bonchev–Trinajstić information content (AvgIpc) is 2.91. The monoisotopic (exact) mass is 508 g/mol. The van der Waals surface area contributed by atoms with Gasteiger partial charge >= 0.3 is 0 Å². The number of hydrogen-bond donors (Lipinski definition) is 0. The molecule has 0 fully saturated rings. The molecular weight excluding hydrogens is 472 g/mol. The van der Waals surface area contributed by atoms with Crippen LogP contribution < -0.4 is 18.9 Å². The molecule has 0 aliphatic carbocycles. The zero-order valence-electron chi connectivity index (χ0n) is 20.6. The van der Waals surface area contributed by atoms with Crippen molar-refractivity contribution in [2.24, 2.45) is 0 Å². The maximum absolute atomic E-state index is 5.66. The highest BCUT2D eigenvalue weighted by atomic mass is 16.7. The summed E-state index contributed by atoms with van der Waals surface area (Å²) in [4.78, 5) is 0. The van der Waals surface area contributed by atoms with Gasteiger partial charge < -0.3 is 47.4 Å². The van der Waals surface area contributed by atoms with E-state index < -0.39 is 0 Å². The van der Waals surface area contributed by atoms with E-state index in [-0.39, 0.29) is 13.6 Å². The molecule has 0 radical (unpaired) electrons. The lowest BCUT2D eigenvalue weighted by atomic mass is 10.3. The van der Waals surface area contributed by atoms with Gasteiger partial charge in [0.2, 0.25) is 0 Å². The SMILES string of the molecule is c1cc2ccc1OCCOCCOCCOCCOc1ccc(cc1)OCCOCOCOCCO2. The van der Waals surface area contributed by atoms with Crippen LogP contribution in [0.2, 0.25) is 0 Å². The van der Waals surface area contributed by atoms with Gasteiger partial charge in [-0.3, -0.25) is 0 Å². The Balaban J connectivity index is 1.34. The fraction of sp³-hybridized carbons (Fsp3) is 0.538. The standard InChI is InChI=1S/C26H36O10/c1-5-25-6-2-23(1)33-17-13-28-11-9-27-10-12-29-14-18-34-24-3-7-26(8-4-24)36-20-16-31-22-32-21-30-15-19-35-25/h1-8H,9-22H2. The van der Waals surface area contributed by atoms with Crippen molar-refractivity contribution in [3.63, 3.8) is 0 Å². The molecule has 0 saturated carbocycles. The molecule has 4 heterocycles. The third-order valence-corrected chi connectivity index (χ3v) is 4.71. The number of benzene rings is 2. The molecule has 2 aromatic rings. The molecule has 36 heavy (non-hydrogen) atoms. The van der Waals surface area contributed by atoms with Crippen LogP contribution in [0, 0.1) is 0 Å². The average molecular weight is 509 g/mol. The predicted molar refractivity (Wildman–Crippen MR) is 130 cm³/mol. The van der Waals surface area contributed by atoms with E-state index in [0.29, 0.717) is 79.3 Å². The summed E-state index contributed by atoms with van der Waals surface area (Å²) in [6.07, 6.45) is 0. The van der Waals surface area contributed by atoms with Crippen LogP contribution in [0.4, 0.5) is 0 Å². The minimum absolute atomic E-state index is 0.123. The van der Waals surface area contributed by atoms with Gasteiger partial charge in [-0.2, -0.15) is 0 Å². The second kappa shape index (κ2) is 18.6. The fourth-order valence-electron chi connectivity index (χ4n) is 2.95. The van der Waals surface area contributed by atoms with Crippen molar-refractivity contribution in [3.8, 4) is 23.0 Å². The Morgan fingerprint density at radius 1 is 0.278 bits per heavy atom. The van der Waals surface area contributed by atoms with Crippen LogP contribution >= 0.6 is 0 Å². The van der Waals surface area contributed by atoms with Gasteiger partial charge in [-0.1, -0.05) is 0 Å². The molecule has 4 aliphatic heterocycles. The van der Waals surface area contributed by atoms with Gasteiger partial charge in [-0.15, -0.1) is 0 Å². The highest BCUT2D eigenvalue weighted by molar-refractivity contribution is 5.31. The zero-order valence-corrected chi connectivity index (χ0v) is 20.6. The Bertz CT molecular complexity index is 719. The lowest BCUT2D eigenvalue weighted by Gasteiger charge is -2.11. The van der Waals surface area contributed by atoms with Gasteiger partial charge in [0, 0.05) is 0 Å². The minimum atomic E-state index is 0.123. The van der Waals surface area contributed by atoms with Gasteiger partial charge in [-0.05, 0) is 48.5 Å². The molecule has 0 unspecified atom stereocenters. The van der Waals surface area contributed by atoms with Crippen molar-refractivity contribution >= 4 is 0 Å². The third kappa shape index (κ3) is 12.9. The van der Waals surface area contributed by atoms with Gasteiger partial charge in [0.1, 0.15) is 63.0 Å². The Kier molecular flexibility index (Phi) is 14.5. The summed E-state index contributed by atoms with van der Waals surface area (Å²) in [6, 6.07) is 14.8. The molecular formula is C26H36O10. The van der Waals surface area contributed by atoms with E-state index in [4.69, 9.17) is 47.4 Å². The maximum atomic E-state index is 5.66. The lowest BCUT2D eigenvalue weighted by Crippen LogP contribution is -2.14. The normalized spacial score (nSPS) is 18.9. The summed E-state index contributed by atoms with van der Waals surface area (Å²) in [5.41, 5.74) is 0. The van der Waals surface area contributed by atoms with Gasteiger partial charge in [-0.25, -0.2) is 0 Å². The second-order valence-electron chi connectivity index (χ2n) is 7.43. The van der Waals surface area contributed by atoms with Crippen LogP contribution in [0.25, 0.3) is 0 Å². The largest absolute Gasteiger partial charge is 0.491 e. The van der Waals surface area contributed by atoms with Crippen molar-refractivity contribution in [2.45, 2.75) is 0 Å². The van der Waals surface area contributed by atoms with Gasteiger partial charge in [0.25, 0.3) is 0 Å². The van der Waals surface area contributed by atoms with Crippen molar-refractivity contribution in [3.05, 3.63) is 48.5 Å². The van der Waals surface area contributed by atoms with Crippen LogP contribution in [-0.2, 0) is 28.4 Å². The third-order valence-electron chi connectivity index (χ3n) is 4.71. The number of hydrogen-bond acceptors (Lipinski definition) is 10. The fourth-order valence-corrected chi connectivity index (χ4v) is 2.95. The van der Waals surface area contributed by atoms with Crippen LogP contribution in [0.15, 0.2) is 48.5 Å². The molecule has 6 rings (SSSR count). The Morgan fingerprint density at radius 3 is 0.833 bits per heavy atom. The van der Waals surface area contributed by atoms with Crippen LogP contribution in [0.1, 0.15) is 0 Å². The maximum Gasteiger partial charge on any atom is 0.149 e. The van der Waals surface area contributed by atoms with Crippen molar-refractivity contribution in [1.29, 1.82) is 0 Å². The molecule has 10 nitrogen and oxygen atoms in total. The van der Waals surface area contributed by atoms with E-state index in [2.05, 4.69) is 0 Å². The summed E-state index contributed by atoms with van der Waals surface area (Å²) in [5, 5.41) is 0. The summed E-state index contributed by atoms with van der Waals surface area (Å²) < 4.78 is 55.2. The van der Waals surface area contributed by atoms with Gasteiger partial charge in [0.05, 0.1) is 52.9 Å².